The normalized spacial score (nSPS) is 8.23. The molecule has 70 valence electrons. The zero-order valence-electron chi connectivity index (χ0n) is 6.59. The van der Waals surface area contributed by atoms with Gasteiger partial charge < -0.3 is 15.2 Å². The van der Waals surface area contributed by atoms with Crippen molar-refractivity contribution in [3.05, 3.63) is 28.7 Å². The van der Waals surface area contributed by atoms with Crippen molar-refractivity contribution in [2.45, 2.75) is 0 Å². The first-order chi connectivity index (χ1) is 6.11. The molecule has 13 heavy (non-hydrogen) atoms. The zero-order chi connectivity index (χ0) is 10.3. The lowest BCUT2D eigenvalue weighted by Crippen LogP contribution is -2.29. The quantitative estimate of drug-likeness (QED) is 0.475. The molecule has 0 atom stereocenters. The minimum Gasteiger partial charge on any atom is -0.483 e. The number of halogens is 1. The highest BCUT2D eigenvalue weighted by Crippen LogP contribution is 2.04. The standard InChI is InChI=1S/C6H6BBrO2.CH2O2/c8-6-3-1-2-5(4-6)7(9)10;2-1-3/h1-4,9-10H;1H,(H,2,3). The summed E-state index contributed by atoms with van der Waals surface area (Å²) in [6, 6.07) is 6.88. The second kappa shape index (κ2) is 6.65. The van der Waals surface area contributed by atoms with E-state index >= 15 is 0 Å². The van der Waals surface area contributed by atoms with Crippen LogP contribution in [0.5, 0.6) is 0 Å². The maximum atomic E-state index is 8.68. The number of carbonyl (C=O) groups is 1. The van der Waals surface area contributed by atoms with E-state index in [0.29, 0.717) is 5.46 Å². The molecule has 0 bridgehead atoms. The average molecular weight is 247 g/mol. The molecule has 0 amide bonds. The van der Waals surface area contributed by atoms with Crippen molar-refractivity contribution < 1.29 is 19.9 Å². The first-order valence-corrected chi connectivity index (χ1v) is 4.10. The van der Waals surface area contributed by atoms with Gasteiger partial charge in [0.05, 0.1) is 0 Å². The van der Waals surface area contributed by atoms with Crippen LogP contribution < -0.4 is 5.46 Å². The number of benzene rings is 1. The van der Waals surface area contributed by atoms with Gasteiger partial charge in [-0.05, 0) is 17.6 Å². The Morgan fingerprint density at radius 2 is 1.92 bits per heavy atom. The first-order valence-electron chi connectivity index (χ1n) is 3.31. The summed E-state index contributed by atoms with van der Waals surface area (Å²) >= 11 is 3.21. The zero-order valence-corrected chi connectivity index (χ0v) is 8.18. The Labute approximate surface area is 84.1 Å². The largest absolute Gasteiger partial charge is 0.488 e. The van der Waals surface area contributed by atoms with Crippen LogP contribution in [0.3, 0.4) is 0 Å². The van der Waals surface area contributed by atoms with Gasteiger partial charge >= 0.3 is 7.12 Å². The van der Waals surface area contributed by atoms with E-state index in [9.17, 15) is 0 Å². The van der Waals surface area contributed by atoms with Crippen LogP contribution >= 0.6 is 15.9 Å². The van der Waals surface area contributed by atoms with Crippen LogP contribution in [-0.2, 0) is 4.79 Å². The van der Waals surface area contributed by atoms with Crippen LogP contribution in [-0.4, -0.2) is 28.7 Å². The van der Waals surface area contributed by atoms with E-state index in [0.717, 1.165) is 4.47 Å². The van der Waals surface area contributed by atoms with Crippen molar-refractivity contribution >= 4 is 35.0 Å². The second-order valence-electron chi connectivity index (χ2n) is 2.03. The third-order valence-corrected chi connectivity index (χ3v) is 1.64. The Kier molecular flexibility index (Phi) is 6.22. The lowest BCUT2D eigenvalue weighted by atomic mass is 9.81. The van der Waals surface area contributed by atoms with Crippen LogP contribution in [0, 0.1) is 0 Å². The van der Waals surface area contributed by atoms with E-state index in [1.165, 1.54) is 0 Å². The average Bonchev–Trinajstić information content (AvgIpc) is 2.05. The van der Waals surface area contributed by atoms with Crippen LogP contribution in [0.15, 0.2) is 28.7 Å². The first kappa shape index (κ1) is 12.2. The molecule has 0 aliphatic heterocycles. The third-order valence-electron chi connectivity index (χ3n) is 1.15. The SMILES string of the molecule is O=CO.OB(O)c1cccc(Br)c1. The van der Waals surface area contributed by atoms with Gasteiger partial charge in [-0.1, -0.05) is 28.1 Å². The summed E-state index contributed by atoms with van der Waals surface area (Å²) in [4.78, 5) is 8.36. The fraction of sp³-hybridized carbons (Fsp3) is 0. The number of carboxylic acid groups (broad SMARTS) is 1. The van der Waals surface area contributed by atoms with Crippen molar-refractivity contribution in [3.63, 3.8) is 0 Å². The Morgan fingerprint density at radius 1 is 1.38 bits per heavy atom. The number of rotatable bonds is 1. The van der Waals surface area contributed by atoms with Crippen molar-refractivity contribution in [3.8, 4) is 0 Å². The van der Waals surface area contributed by atoms with E-state index in [4.69, 9.17) is 19.9 Å². The van der Waals surface area contributed by atoms with Crippen molar-refractivity contribution in [2.75, 3.05) is 0 Å². The highest BCUT2D eigenvalue weighted by Gasteiger charge is 2.09. The maximum absolute atomic E-state index is 8.68. The van der Waals surface area contributed by atoms with Gasteiger partial charge in [0.15, 0.2) is 0 Å². The maximum Gasteiger partial charge on any atom is 0.488 e. The van der Waals surface area contributed by atoms with Crippen molar-refractivity contribution in [2.24, 2.45) is 0 Å². The van der Waals surface area contributed by atoms with Gasteiger partial charge in [0, 0.05) is 4.47 Å². The van der Waals surface area contributed by atoms with Gasteiger partial charge in [-0.25, -0.2) is 0 Å². The smallest absolute Gasteiger partial charge is 0.483 e. The Balaban J connectivity index is 0.000000424. The monoisotopic (exact) mass is 246 g/mol. The summed E-state index contributed by atoms with van der Waals surface area (Å²) in [5, 5.41) is 24.3. The molecule has 1 rings (SSSR count). The van der Waals surface area contributed by atoms with Gasteiger partial charge in [-0.3, -0.25) is 4.79 Å². The molecule has 0 aliphatic carbocycles. The summed E-state index contributed by atoms with van der Waals surface area (Å²) in [7, 11) is -1.38. The molecule has 0 fully saturated rings. The van der Waals surface area contributed by atoms with E-state index in [-0.39, 0.29) is 6.47 Å². The van der Waals surface area contributed by atoms with Gasteiger partial charge in [-0.2, -0.15) is 0 Å². The van der Waals surface area contributed by atoms with E-state index in [1.807, 2.05) is 6.07 Å². The molecule has 0 unspecified atom stereocenters. The molecule has 1 aromatic carbocycles. The van der Waals surface area contributed by atoms with Crippen LogP contribution in [0.4, 0.5) is 0 Å². The molecule has 0 saturated carbocycles. The summed E-state index contributed by atoms with van der Waals surface area (Å²) in [5.74, 6) is 0. The van der Waals surface area contributed by atoms with Crippen LogP contribution in [0.25, 0.3) is 0 Å². The Morgan fingerprint density at radius 3 is 2.23 bits per heavy atom. The highest BCUT2D eigenvalue weighted by atomic mass is 79.9. The van der Waals surface area contributed by atoms with E-state index < -0.39 is 7.12 Å². The summed E-state index contributed by atoms with van der Waals surface area (Å²) in [6.07, 6.45) is 0. The molecule has 0 aromatic heterocycles. The minimum atomic E-state index is -1.38. The fourth-order valence-electron chi connectivity index (χ4n) is 0.667. The van der Waals surface area contributed by atoms with E-state index in [2.05, 4.69) is 15.9 Å². The molecule has 4 nitrogen and oxygen atoms in total. The van der Waals surface area contributed by atoms with E-state index in [1.54, 1.807) is 18.2 Å². The molecule has 1 aromatic rings. The Hall–Kier alpha value is -0.845. The molecule has 3 N–H and O–H groups in total. The molecule has 0 radical (unpaired) electrons. The lowest BCUT2D eigenvalue weighted by molar-refractivity contribution is -0.122. The summed E-state index contributed by atoms with van der Waals surface area (Å²) < 4.78 is 0.845. The molecule has 0 aliphatic rings. The summed E-state index contributed by atoms with van der Waals surface area (Å²) in [6.45, 7) is -0.250. The second-order valence-corrected chi connectivity index (χ2v) is 2.95. The molecule has 0 heterocycles. The molecule has 6 heteroatoms. The molecular weight excluding hydrogens is 239 g/mol. The fourth-order valence-corrected chi connectivity index (χ4v) is 1.08. The molecular formula is C7H8BBrO4. The third kappa shape index (κ3) is 5.40. The minimum absolute atomic E-state index is 0.250. The Bertz CT molecular complexity index is 266. The molecule has 0 saturated heterocycles. The van der Waals surface area contributed by atoms with Gasteiger partial charge in [-0.15, -0.1) is 0 Å². The van der Waals surface area contributed by atoms with Gasteiger partial charge in [0.25, 0.3) is 6.47 Å². The predicted octanol–water partition coefficient (Wildman–Crippen LogP) is -0.170. The van der Waals surface area contributed by atoms with Gasteiger partial charge in [0.1, 0.15) is 0 Å². The highest BCUT2D eigenvalue weighted by molar-refractivity contribution is 9.10. The van der Waals surface area contributed by atoms with Crippen molar-refractivity contribution in [1.29, 1.82) is 0 Å². The number of hydrogen-bond donors (Lipinski definition) is 3. The topological polar surface area (TPSA) is 77.8 Å². The van der Waals surface area contributed by atoms with Crippen molar-refractivity contribution in [1.82, 2.24) is 0 Å². The van der Waals surface area contributed by atoms with Gasteiger partial charge in [0.2, 0.25) is 0 Å². The van der Waals surface area contributed by atoms with Crippen LogP contribution in [0.1, 0.15) is 0 Å². The van der Waals surface area contributed by atoms with Crippen LogP contribution in [0.2, 0.25) is 0 Å². The number of hydrogen-bond acceptors (Lipinski definition) is 3. The lowest BCUT2D eigenvalue weighted by Gasteiger charge is -1.97. The molecule has 0 spiro atoms. The summed E-state index contributed by atoms with van der Waals surface area (Å²) in [5.41, 5.74) is 0.495. The predicted molar refractivity (Wildman–Crippen MR) is 52.7 cm³/mol.